The second kappa shape index (κ2) is 9.28. The molecule has 0 saturated carbocycles. The smallest absolute Gasteiger partial charge is 0.262 e. The fraction of sp³-hybridized carbons (Fsp3) is 0.240. The van der Waals surface area contributed by atoms with Gasteiger partial charge in [0.2, 0.25) is 0 Å². The van der Waals surface area contributed by atoms with E-state index in [0.29, 0.717) is 6.61 Å². The number of amides is 1. The van der Waals surface area contributed by atoms with Crippen LogP contribution in [-0.4, -0.2) is 12.5 Å². The van der Waals surface area contributed by atoms with Gasteiger partial charge >= 0.3 is 0 Å². The van der Waals surface area contributed by atoms with Crippen molar-refractivity contribution in [2.45, 2.75) is 32.3 Å². The Morgan fingerprint density at radius 2 is 1.62 bits per heavy atom. The highest BCUT2D eigenvalue weighted by atomic mass is 16.5. The number of rotatable bonds is 7. The molecular weight excluding hydrogens is 362 g/mol. The third-order valence-corrected chi connectivity index (χ3v) is 5.10. The van der Waals surface area contributed by atoms with Crippen LogP contribution in [0.2, 0.25) is 0 Å². The lowest BCUT2D eigenvalue weighted by molar-refractivity contribution is -0.118. The van der Waals surface area contributed by atoms with Crippen LogP contribution in [-0.2, 0) is 24.2 Å². The van der Waals surface area contributed by atoms with Gasteiger partial charge in [0.05, 0.1) is 0 Å². The minimum atomic E-state index is -0.170. The highest BCUT2D eigenvalue weighted by molar-refractivity contribution is 5.91. The second-order valence-corrected chi connectivity index (χ2v) is 7.24. The summed E-state index contributed by atoms with van der Waals surface area (Å²) in [5, 5.41) is 2.87. The van der Waals surface area contributed by atoms with Gasteiger partial charge in [-0.2, -0.15) is 0 Å². The first kappa shape index (κ1) is 19.1. The van der Waals surface area contributed by atoms with Crippen LogP contribution in [0.3, 0.4) is 0 Å². The SMILES string of the molecule is O=C(COc1cccc2c1CCCC2)Nc1ccc(OCc2ccccc2)cc1. The molecule has 3 aromatic rings. The second-order valence-electron chi connectivity index (χ2n) is 7.24. The quantitative estimate of drug-likeness (QED) is 0.609. The van der Waals surface area contributed by atoms with Gasteiger partial charge in [-0.15, -0.1) is 0 Å². The van der Waals surface area contributed by atoms with Gasteiger partial charge in [-0.25, -0.2) is 0 Å². The van der Waals surface area contributed by atoms with Gasteiger partial charge in [-0.05, 0) is 72.7 Å². The van der Waals surface area contributed by atoms with Crippen molar-refractivity contribution >= 4 is 11.6 Å². The number of anilines is 1. The van der Waals surface area contributed by atoms with Crippen LogP contribution in [0.1, 0.15) is 29.5 Å². The average molecular weight is 387 g/mol. The predicted molar refractivity (Wildman–Crippen MR) is 114 cm³/mol. The summed E-state index contributed by atoms with van der Waals surface area (Å²) in [4.78, 5) is 12.3. The number of carbonyl (C=O) groups excluding carboxylic acids is 1. The fourth-order valence-corrected chi connectivity index (χ4v) is 3.60. The molecule has 1 aliphatic rings. The summed E-state index contributed by atoms with van der Waals surface area (Å²) in [6.45, 7) is 0.518. The zero-order valence-electron chi connectivity index (χ0n) is 16.4. The molecule has 4 rings (SSSR count). The largest absolute Gasteiger partial charge is 0.489 e. The Balaban J connectivity index is 1.28. The molecule has 1 N–H and O–H groups in total. The number of benzene rings is 3. The van der Waals surface area contributed by atoms with E-state index in [1.54, 1.807) is 0 Å². The number of carbonyl (C=O) groups is 1. The Morgan fingerprint density at radius 1 is 0.828 bits per heavy atom. The van der Waals surface area contributed by atoms with E-state index in [1.807, 2.05) is 66.7 Å². The first-order valence-corrected chi connectivity index (χ1v) is 10.1. The summed E-state index contributed by atoms with van der Waals surface area (Å²) >= 11 is 0. The fourth-order valence-electron chi connectivity index (χ4n) is 3.60. The van der Waals surface area contributed by atoms with Crippen molar-refractivity contribution in [2.75, 3.05) is 11.9 Å². The average Bonchev–Trinajstić information content (AvgIpc) is 2.78. The van der Waals surface area contributed by atoms with Crippen LogP contribution in [0.25, 0.3) is 0 Å². The Hall–Kier alpha value is -3.27. The van der Waals surface area contributed by atoms with Crippen LogP contribution in [0, 0.1) is 0 Å². The van der Waals surface area contributed by atoms with Crippen LogP contribution in [0.15, 0.2) is 72.8 Å². The van der Waals surface area contributed by atoms with E-state index >= 15 is 0 Å². The predicted octanol–water partition coefficient (Wildman–Crippen LogP) is 5.16. The first-order valence-electron chi connectivity index (χ1n) is 10.1. The molecule has 0 saturated heterocycles. The number of aryl methyl sites for hydroxylation is 1. The molecule has 0 unspecified atom stereocenters. The topological polar surface area (TPSA) is 47.6 Å². The molecule has 0 bridgehead atoms. The summed E-state index contributed by atoms with van der Waals surface area (Å²) in [6.07, 6.45) is 4.52. The molecule has 1 amide bonds. The minimum absolute atomic E-state index is 0.00269. The third-order valence-electron chi connectivity index (χ3n) is 5.10. The van der Waals surface area contributed by atoms with Crippen molar-refractivity contribution in [1.29, 1.82) is 0 Å². The number of fused-ring (bicyclic) bond motifs is 1. The maximum absolute atomic E-state index is 12.3. The van der Waals surface area contributed by atoms with E-state index in [1.165, 1.54) is 24.0 Å². The van der Waals surface area contributed by atoms with Gasteiger partial charge in [0.15, 0.2) is 6.61 Å². The van der Waals surface area contributed by atoms with Crippen molar-refractivity contribution in [1.82, 2.24) is 0 Å². The third kappa shape index (κ3) is 5.17. The molecule has 0 aliphatic heterocycles. The zero-order valence-corrected chi connectivity index (χ0v) is 16.4. The maximum Gasteiger partial charge on any atom is 0.262 e. The Labute approximate surface area is 171 Å². The summed E-state index contributed by atoms with van der Waals surface area (Å²) < 4.78 is 11.6. The molecule has 1 aliphatic carbocycles. The molecule has 148 valence electrons. The molecule has 0 spiro atoms. The number of hydrogen-bond donors (Lipinski definition) is 1. The standard InChI is InChI=1S/C25H25NO3/c27-25(18-29-24-12-6-10-20-9-4-5-11-23(20)24)26-21-13-15-22(16-14-21)28-17-19-7-2-1-3-8-19/h1-3,6-8,10,12-16H,4-5,9,11,17-18H2,(H,26,27). The molecule has 3 aromatic carbocycles. The van der Waals surface area contributed by atoms with Crippen LogP contribution >= 0.6 is 0 Å². The Kier molecular flexibility index (Phi) is 6.10. The highest BCUT2D eigenvalue weighted by Gasteiger charge is 2.14. The molecule has 0 aromatic heterocycles. The van der Waals surface area contributed by atoms with Gasteiger partial charge in [-0.3, -0.25) is 4.79 Å². The zero-order chi connectivity index (χ0) is 19.9. The monoisotopic (exact) mass is 387 g/mol. The maximum atomic E-state index is 12.3. The van der Waals surface area contributed by atoms with E-state index in [9.17, 15) is 4.79 Å². The Morgan fingerprint density at radius 3 is 2.45 bits per heavy atom. The lowest BCUT2D eigenvalue weighted by atomic mass is 9.91. The van der Waals surface area contributed by atoms with Gasteiger partial charge in [0.25, 0.3) is 5.91 Å². The molecule has 0 radical (unpaired) electrons. The summed E-state index contributed by atoms with van der Waals surface area (Å²) in [5.41, 5.74) is 4.44. The van der Waals surface area contributed by atoms with E-state index in [-0.39, 0.29) is 12.5 Å². The molecule has 0 atom stereocenters. The van der Waals surface area contributed by atoms with Crippen LogP contribution in [0.5, 0.6) is 11.5 Å². The van der Waals surface area contributed by atoms with Gasteiger partial charge < -0.3 is 14.8 Å². The van der Waals surface area contributed by atoms with Crippen molar-refractivity contribution in [2.24, 2.45) is 0 Å². The van der Waals surface area contributed by atoms with Crippen LogP contribution in [0.4, 0.5) is 5.69 Å². The molecular formula is C25H25NO3. The first-order chi connectivity index (χ1) is 14.3. The van der Waals surface area contributed by atoms with Gasteiger partial charge in [-0.1, -0.05) is 42.5 Å². The van der Waals surface area contributed by atoms with Crippen LogP contribution < -0.4 is 14.8 Å². The molecule has 0 heterocycles. The van der Waals surface area contributed by atoms with E-state index in [2.05, 4.69) is 11.4 Å². The summed E-state index contributed by atoms with van der Waals surface area (Å²) in [7, 11) is 0. The lowest BCUT2D eigenvalue weighted by Gasteiger charge is -2.19. The highest BCUT2D eigenvalue weighted by Crippen LogP contribution is 2.29. The Bertz CT molecular complexity index is 952. The van der Waals surface area contributed by atoms with Crippen molar-refractivity contribution in [3.8, 4) is 11.5 Å². The van der Waals surface area contributed by atoms with E-state index < -0.39 is 0 Å². The number of nitrogens with one attached hydrogen (secondary N) is 1. The molecule has 29 heavy (non-hydrogen) atoms. The molecule has 4 heteroatoms. The van der Waals surface area contributed by atoms with Gasteiger partial charge in [0.1, 0.15) is 18.1 Å². The molecule has 0 fully saturated rings. The lowest BCUT2D eigenvalue weighted by Crippen LogP contribution is -2.21. The summed E-state index contributed by atoms with van der Waals surface area (Å²) in [6, 6.07) is 23.5. The number of hydrogen-bond acceptors (Lipinski definition) is 3. The molecule has 4 nitrogen and oxygen atoms in total. The van der Waals surface area contributed by atoms with Crippen molar-refractivity contribution in [3.05, 3.63) is 89.5 Å². The minimum Gasteiger partial charge on any atom is -0.489 e. The van der Waals surface area contributed by atoms with Crippen molar-refractivity contribution < 1.29 is 14.3 Å². The van der Waals surface area contributed by atoms with E-state index in [0.717, 1.165) is 35.6 Å². The summed E-state index contributed by atoms with van der Waals surface area (Å²) in [5.74, 6) is 1.43. The number of ether oxygens (including phenoxy) is 2. The normalized spacial score (nSPS) is 12.7. The van der Waals surface area contributed by atoms with E-state index in [4.69, 9.17) is 9.47 Å². The van der Waals surface area contributed by atoms with Crippen molar-refractivity contribution in [3.63, 3.8) is 0 Å². The van der Waals surface area contributed by atoms with Gasteiger partial charge in [0, 0.05) is 5.69 Å².